The zero-order chi connectivity index (χ0) is 23.8. The van der Waals surface area contributed by atoms with Crippen LogP contribution >= 0.6 is 0 Å². The van der Waals surface area contributed by atoms with E-state index in [1.165, 1.54) is 6.42 Å². The first-order valence-corrected chi connectivity index (χ1v) is 12.5. The molecular formula is C26H39N3O4. The number of carbonyl (C=O) groups is 2. The second kappa shape index (κ2) is 9.15. The van der Waals surface area contributed by atoms with Gasteiger partial charge in [-0.25, -0.2) is 4.79 Å². The molecule has 0 saturated heterocycles. The van der Waals surface area contributed by atoms with Gasteiger partial charge in [0.05, 0.1) is 17.7 Å². The molecule has 2 atom stereocenters. The monoisotopic (exact) mass is 457 g/mol. The van der Waals surface area contributed by atoms with Crippen LogP contribution in [-0.2, 0) is 22.5 Å². The molecule has 0 bridgehead atoms. The first-order valence-electron chi connectivity index (χ1n) is 12.5. The second-order valence-electron chi connectivity index (χ2n) is 11.3. The van der Waals surface area contributed by atoms with E-state index in [1.54, 1.807) is 0 Å². The molecule has 3 aliphatic rings. The number of nitrogens with zero attached hydrogens (tertiary/aromatic N) is 2. The molecule has 2 heterocycles. The summed E-state index contributed by atoms with van der Waals surface area (Å²) in [5.41, 5.74) is 1.15. The first kappa shape index (κ1) is 23.8. The van der Waals surface area contributed by atoms with Gasteiger partial charge in [-0.3, -0.25) is 9.78 Å². The third-order valence-corrected chi connectivity index (χ3v) is 7.46. The van der Waals surface area contributed by atoms with Crippen molar-refractivity contribution in [2.75, 3.05) is 6.54 Å². The summed E-state index contributed by atoms with van der Waals surface area (Å²) in [7, 11) is 0. The molecule has 2 saturated carbocycles. The molecule has 2 fully saturated rings. The van der Waals surface area contributed by atoms with Gasteiger partial charge in [0.1, 0.15) is 11.4 Å². The van der Waals surface area contributed by atoms with E-state index >= 15 is 0 Å². The van der Waals surface area contributed by atoms with Crippen LogP contribution in [0, 0.1) is 11.3 Å². The number of alkyl carbamates (subject to hydrolysis) is 1. The van der Waals surface area contributed by atoms with Crippen molar-refractivity contribution in [3.8, 4) is 5.75 Å². The Balaban J connectivity index is 1.43. The average Bonchev–Trinajstić information content (AvgIpc) is 3.13. The minimum absolute atomic E-state index is 0.0487. The van der Waals surface area contributed by atoms with Crippen molar-refractivity contribution in [2.24, 2.45) is 11.3 Å². The lowest BCUT2D eigenvalue weighted by Crippen LogP contribution is -2.48. The molecule has 0 unspecified atom stereocenters. The molecule has 0 spiro atoms. The van der Waals surface area contributed by atoms with Crippen molar-refractivity contribution in [1.29, 1.82) is 0 Å². The van der Waals surface area contributed by atoms with Gasteiger partial charge in [0.25, 0.3) is 0 Å². The summed E-state index contributed by atoms with van der Waals surface area (Å²) in [6.45, 7) is 11.1. The maximum absolute atomic E-state index is 13.9. The Morgan fingerprint density at radius 2 is 2.00 bits per heavy atom. The van der Waals surface area contributed by atoms with E-state index in [1.807, 2.05) is 31.9 Å². The summed E-state index contributed by atoms with van der Waals surface area (Å²) < 4.78 is 11.5. The van der Waals surface area contributed by atoms with Crippen molar-refractivity contribution >= 4 is 12.0 Å². The number of rotatable bonds is 5. The fourth-order valence-corrected chi connectivity index (χ4v) is 5.28. The van der Waals surface area contributed by atoms with Crippen molar-refractivity contribution in [3.63, 3.8) is 0 Å². The maximum atomic E-state index is 13.9. The predicted molar refractivity (Wildman–Crippen MR) is 126 cm³/mol. The van der Waals surface area contributed by atoms with Gasteiger partial charge in [-0.05, 0) is 76.8 Å². The van der Waals surface area contributed by atoms with E-state index in [9.17, 15) is 9.59 Å². The van der Waals surface area contributed by atoms with Gasteiger partial charge >= 0.3 is 6.09 Å². The Hall–Kier alpha value is -2.31. The van der Waals surface area contributed by atoms with Crippen LogP contribution in [0.3, 0.4) is 0 Å². The lowest BCUT2D eigenvalue weighted by atomic mass is 9.74. The van der Waals surface area contributed by atoms with Gasteiger partial charge in [-0.2, -0.15) is 0 Å². The average molecular weight is 458 g/mol. The maximum Gasteiger partial charge on any atom is 0.407 e. The summed E-state index contributed by atoms with van der Waals surface area (Å²) >= 11 is 0. The Kier molecular flexibility index (Phi) is 6.61. The van der Waals surface area contributed by atoms with Gasteiger partial charge in [0, 0.05) is 31.2 Å². The van der Waals surface area contributed by atoms with Gasteiger partial charge in [-0.15, -0.1) is 0 Å². The lowest BCUT2D eigenvalue weighted by Gasteiger charge is -2.39. The molecule has 0 radical (unpaired) electrons. The van der Waals surface area contributed by atoms with Crippen molar-refractivity contribution in [1.82, 2.24) is 15.2 Å². The van der Waals surface area contributed by atoms with Crippen molar-refractivity contribution in [3.05, 3.63) is 23.5 Å². The molecule has 4 rings (SSSR count). The zero-order valence-electron chi connectivity index (χ0n) is 20.8. The molecule has 2 aliphatic carbocycles. The largest absolute Gasteiger partial charge is 0.489 e. The molecule has 1 aliphatic heterocycles. The van der Waals surface area contributed by atoms with Crippen LogP contribution in [0.2, 0.25) is 0 Å². The summed E-state index contributed by atoms with van der Waals surface area (Å²) in [6.07, 6.45) is 8.15. The first-order chi connectivity index (χ1) is 15.6. The van der Waals surface area contributed by atoms with E-state index < -0.39 is 17.1 Å². The summed E-state index contributed by atoms with van der Waals surface area (Å²) in [5, 5.41) is 3.00. The van der Waals surface area contributed by atoms with Gasteiger partial charge < -0.3 is 19.7 Å². The third-order valence-electron chi connectivity index (χ3n) is 7.46. The number of nitrogens with one attached hydrogen (secondary N) is 1. The quantitative estimate of drug-likeness (QED) is 0.698. The Morgan fingerprint density at radius 3 is 2.64 bits per heavy atom. The molecule has 7 nitrogen and oxygen atoms in total. The number of aromatic nitrogens is 1. The SMILES string of the molecule is CC(C)[C@]1(C(=O)N2CCc3ncc(OC4CCC4)cc3C2)CC[C@@H](NC(=O)OC(C)(C)C)C1. The molecule has 2 amide bonds. The summed E-state index contributed by atoms with van der Waals surface area (Å²) in [5.74, 6) is 1.19. The number of ether oxygens (including phenoxy) is 2. The number of carbonyl (C=O) groups excluding carboxylic acids is 2. The van der Waals surface area contributed by atoms with Crippen LogP contribution in [0.15, 0.2) is 12.3 Å². The molecule has 1 aromatic heterocycles. The van der Waals surface area contributed by atoms with Crippen LogP contribution in [0.25, 0.3) is 0 Å². The fraction of sp³-hybridized carbons (Fsp3) is 0.731. The molecule has 7 heteroatoms. The van der Waals surface area contributed by atoms with Crippen LogP contribution in [-0.4, -0.2) is 46.2 Å². The lowest BCUT2D eigenvalue weighted by molar-refractivity contribution is -0.145. The van der Waals surface area contributed by atoms with Crippen molar-refractivity contribution < 1.29 is 19.1 Å². The zero-order valence-corrected chi connectivity index (χ0v) is 20.8. The topological polar surface area (TPSA) is 80.8 Å². The molecule has 1 aromatic rings. The predicted octanol–water partition coefficient (Wildman–Crippen LogP) is 4.62. The van der Waals surface area contributed by atoms with Gasteiger partial charge in [-0.1, -0.05) is 13.8 Å². The highest BCUT2D eigenvalue weighted by atomic mass is 16.6. The van der Waals surface area contributed by atoms with Crippen LogP contribution in [0.4, 0.5) is 4.79 Å². The Bertz CT molecular complexity index is 890. The molecular weight excluding hydrogens is 418 g/mol. The van der Waals surface area contributed by atoms with Gasteiger partial charge in [0.15, 0.2) is 0 Å². The van der Waals surface area contributed by atoms with Crippen LogP contribution in [0.5, 0.6) is 5.75 Å². The molecule has 1 N–H and O–H groups in total. The summed E-state index contributed by atoms with van der Waals surface area (Å²) in [4.78, 5) is 32.8. The van der Waals surface area contributed by atoms with E-state index in [-0.39, 0.29) is 17.9 Å². The highest BCUT2D eigenvalue weighted by molar-refractivity contribution is 5.84. The van der Waals surface area contributed by atoms with Gasteiger partial charge in [0.2, 0.25) is 5.91 Å². The molecule has 182 valence electrons. The number of amides is 2. The minimum atomic E-state index is -0.538. The van der Waals surface area contributed by atoms with E-state index in [0.29, 0.717) is 25.6 Å². The Morgan fingerprint density at radius 1 is 1.24 bits per heavy atom. The molecule has 33 heavy (non-hydrogen) atoms. The van der Waals surface area contributed by atoms with E-state index in [0.717, 1.165) is 49.1 Å². The normalized spacial score (nSPS) is 25.4. The van der Waals surface area contributed by atoms with Crippen LogP contribution < -0.4 is 10.1 Å². The van der Waals surface area contributed by atoms with Crippen LogP contribution in [0.1, 0.15) is 84.4 Å². The number of fused-ring (bicyclic) bond motifs is 1. The number of pyridine rings is 1. The highest BCUT2D eigenvalue weighted by Gasteiger charge is 2.50. The van der Waals surface area contributed by atoms with E-state index in [2.05, 4.69) is 30.2 Å². The summed E-state index contributed by atoms with van der Waals surface area (Å²) in [6, 6.07) is 2.02. The van der Waals surface area contributed by atoms with Crippen molar-refractivity contribution in [2.45, 2.75) is 104 Å². The standard InChI is InChI=1S/C26H39N3O4/c1-17(2)26(11-9-19(14-26)28-24(31)33-25(3,4)5)23(30)29-12-10-22-18(16-29)13-21(15-27-22)32-20-7-6-8-20/h13,15,17,19-20H,6-12,14,16H2,1-5H3,(H,28,31)/t19-,26+/m1/s1. The minimum Gasteiger partial charge on any atom is -0.489 e. The smallest absolute Gasteiger partial charge is 0.407 e. The molecule has 0 aromatic carbocycles. The van der Waals surface area contributed by atoms with E-state index in [4.69, 9.17) is 9.47 Å². The Labute approximate surface area is 197 Å². The number of hydrogen-bond acceptors (Lipinski definition) is 5. The number of hydrogen-bond donors (Lipinski definition) is 1. The fourth-order valence-electron chi connectivity index (χ4n) is 5.28. The second-order valence-corrected chi connectivity index (χ2v) is 11.3. The highest BCUT2D eigenvalue weighted by Crippen LogP contribution is 2.46. The third kappa shape index (κ3) is 5.28.